The van der Waals surface area contributed by atoms with Crippen LogP contribution in [0.2, 0.25) is 0 Å². The standard InChI is InChI=1S/C36H26N4O6/c41-33(27-9-3-1-4-10-27)39-37-23-25-15-19-29(20-16-25)45-35(43)31-13-7-8-14-32(31)36(44)46-30-21-17-26(18-22-30)24-38-40-34(42)28-11-5-2-6-12-28/h1-24H,(H,39,41)(H,40,42)/b37-23+,38-24+. The van der Waals surface area contributed by atoms with Gasteiger partial charge in [-0.1, -0.05) is 48.5 Å². The van der Waals surface area contributed by atoms with Gasteiger partial charge < -0.3 is 9.47 Å². The summed E-state index contributed by atoms with van der Waals surface area (Å²) in [5.74, 6) is -1.67. The Bertz CT molecular complexity index is 1750. The van der Waals surface area contributed by atoms with E-state index in [9.17, 15) is 19.2 Å². The van der Waals surface area contributed by atoms with E-state index in [2.05, 4.69) is 21.1 Å². The van der Waals surface area contributed by atoms with Crippen molar-refractivity contribution in [2.45, 2.75) is 0 Å². The minimum atomic E-state index is -0.742. The Balaban J connectivity index is 1.15. The van der Waals surface area contributed by atoms with Crippen molar-refractivity contribution >= 4 is 36.2 Å². The van der Waals surface area contributed by atoms with Crippen LogP contribution in [0.5, 0.6) is 11.5 Å². The maximum absolute atomic E-state index is 13.0. The van der Waals surface area contributed by atoms with Crippen LogP contribution in [-0.4, -0.2) is 36.2 Å². The Hall–Kier alpha value is -6.68. The quantitative estimate of drug-likeness (QED) is 0.0908. The Morgan fingerprint density at radius 3 is 1.17 bits per heavy atom. The van der Waals surface area contributed by atoms with Gasteiger partial charge in [-0.2, -0.15) is 10.2 Å². The molecule has 10 nitrogen and oxygen atoms in total. The largest absolute Gasteiger partial charge is 0.423 e. The van der Waals surface area contributed by atoms with Crippen LogP contribution in [0, 0.1) is 0 Å². The van der Waals surface area contributed by atoms with E-state index in [0.717, 1.165) is 0 Å². The minimum absolute atomic E-state index is 0.0275. The van der Waals surface area contributed by atoms with Gasteiger partial charge in [-0.3, -0.25) is 9.59 Å². The average molecular weight is 611 g/mol. The van der Waals surface area contributed by atoms with Gasteiger partial charge >= 0.3 is 11.9 Å². The maximum Gasteiger partial charge on any atom is 0.344 e. The van der Waals surface area contributed by atoms with Crippen molar-refractivity contribution in [2.24, 2.45) is 10.2 Å². The van der Waals surface area contributed by atoms with Crippen LogP contribution in [0.4, 0.5) is 0 Å². The van der Waals surface area contributed by atoms with Crippen LogP contribution < -0.4 is 20.3 Å². The van der Waals surface area contributed by atoms with Gasteiger partial charge in [0.05, 0.1) is 23.6 Å². The lowest BCUT2D eigenvalue weighted by molar-refractivity contribution is 0.0692. The Kier molecular flexibility index (Phi) is 10.1. The molecule has 0 saturated heterocycles. The monoisotopic (exact) mass is 610 g/mol. The molecule has 0 saturated carbocycles. The summed E-state index contributed by atoms with van der Waals surface area (Å²) in [6.45, 7) is 0. The molecule has 0 fully saturated rings. The van der Waals surface area contributed by atoms with Crippen LogP contribution >= 0.6 is 0 Å². The number of benzene rings is 5. The van der Waals surface area contributed by atoms with Gasteiger partial charge in [-0.05, 0) is 96.1 Å². The first kappa shape index (κ1) is 30.8. The van der Waals surface area contributed by atoms with Gasteiger partial charge in [0.2, 0.25) is 0 Å². The number of hydrazone groups is 2. The summed E-state index contributed by atoms with van der Waals surface area (Å²) in [6, 6.07) is 36.5. The summed E-state index contributed by atoms with van der Waals surface area (Å²) in [5, 5.41) is 7.90. The molecule has 0 bridgehead atoms. The summed E-state index contributed by atoms with van der Waals surface area (Å²) in [4.78, 5) is 50.2. The number of esters is 2. The topological polar surface area (TPSA) is 136 Å². The lowest BCUT2D eigenvalue weighted by Gasteiger charge is -2.10. The predicted molar refractivity (Wildman–Crippen MR) is 172 cm³/mol. The van der Waals surface area contributed by atoms with E-state index in [1.54, 1.807) is 109 Å². The zero-order valence-electron chi connectivity index (χ0n) is 24.2. The molecule has 46 heavy (non-hydrogen) atoms. The summed E-state index contributed by atoms with van der Waals surface area (Å²) < 4.78 is 11.0. The van der Waals surface area contributed by atoms with Crippen molar-refractivity contribution in [3.63, 3.8) is 0 Å². The number of amides is 2. The van der Waals surface area contributed by atoms with Crippen LogP contribution in [0.15, 0.2) is 144 Å². The summed E-state index contributed by atoms with van der Waals surface area (Å²) >= 11 is 0. The van der Waals surface area contributed by atoms with Crippen molar-refractivity contribution in [3.05, 3.63) is 167 Å². The molecule has 5 aromatic carbocycles. The smallest absolute Gasteiger partial charge is 0.344 e. The molecule has 0 aliphatic carbocycles. The second-order valence-corrected chi connectivity index (χ2v) is 9.59. The Morgan fingerprint density at radius 1 is 0.457 bits per heavy atom. The third-order valence-electron chi connectivity index (χ3n) is 6.38. The summed E-state index contributed by atoms with van der Waals surface area (Å²) in [6.07, 6.45) is 2.92. The summed E-state index contributed by atoms with van der Waals surface area (Å²) in [5.41, 5.74) is 7.24. The fraction of sp³-hybridized carbons (Fsp3) is 0. The molecule has 0 aliphatic rings. The van der Waals surface area contributed by atoms with Gasteiger partial charge in [0.1, 0.15) is 11.5 Å². The number of nitrogens with one attached hydrogen (secondary N) is 2. The molecule has 2 N–H and O–H groups in total. The van der Waals surface area contributed by atoms with Gasteiger partial charge in [-0.25, -0.2) is 20.4 Å². The second kappa shape index (κ2) is 15.2. The van der Waals surface area contributed by atoms with E-state index in [-0.39, 0.29) is 34.4 Å². The first-order chi connectivity index (χ1) is 22.5. The fourth-order valence-corrected chi connectivity index (χ4v) is 4.05. The molecule has 0 spiro atoms. The van der Waals surface area contributed by atoms with Crippen LogP contribution in [-0.2, 0) is 0 Å². The molecule has 10 heteroatoms. The zero-order chi connectivity index (χ0) is 32.1. The number of carbonyl (C=O) groups is 4. The fourth-order valence-electron chi connectivity index (χ4n) is 4.05. The lowest BCUT2D eigenvalue weighted by atomic mass is 10.1. The highest BCUT2D eigenvalue weighted by Crippen LogP contribution is 2.19. The molecule has 0 radical (unpaired) electrons. The molecule has 5 rings (SSSR count). The Labute approximate surface area is 264 Å². The average Bonchev–Trinajstić information content (AvgIpc) is 3.10. The first-order valence-electron chi connectivity index (χ1n) is 14.0. The molecule has 226 valence electrons. The van der Waals surface area contributed by atoms with Crippen LogP contribution in [0.3, 0.4) is 0 Å². The molecule has 5 aromatic rings. The SMILES string of the molecule is O=C(N/N=C/c1ccc(OC(=O)c2ccccc2C(=O)Oc2ccc(/C=N/NC(=O)c3ccccc3)cc2)cc1)c1ccccc1. The predicted octanol–water partition coefficient (Wildman–Crippen LogP) is 5.65. The number of hydrogen-bond acceptors (Lipinski definition) is 8. The molecule has 0 unspecified atom stereocenters. The van der Waals surface area contributed by atoms with E-state index in [0.29, 0.717) is 22.3 Å². The zero-order valence-corrected chi connectivity index (χ0v) is 24.2. The van der Waals surface area contributed by atoms with Crippen molar-refractivity contribution in [2.75, 3.05) is 0 Å². The first-order valence-corrected chi connectivity index (χ1v) is 14.0. The normalized spacial score (nSPS) is 10.8. The van der Waals surface area contributed by atoms with E-state index in [1.807, 2.05) is 12.1 Å². The third kappa shape index (κ3) is 8.45. The van der Waals surface area contributed by atoms with E-state index in [1.165, 1.54) is 24.6 Å². The van der Waals surface area contributed by atoms with Crippen molar-refractivity contribution in [3.8, 4) is 11.5 Å². The van der Waals surface area contributed by atoms with Crippen LogP contribution in [0.25, 0.3) is 0 Å². The minimum Gasteiger partial charge on any atom is -0.423 e. The molecule has 0 aromatic heterocycles. The van der Waals surface area contributed by atoms with Crippen molar-refractivity contribution in [1.82, 2.24) is 10.9 Å². The third-order valence-corrected chi connectivity index (χ3v) is 6.38. The van der Waals surface area contributed by atoms with Gasteiger partial charge in [0.15, 0.2) is 0 Å². The van der Waals surface area contributed by atoms with Crippen LogP contribution in [0.1, 0.15) is 52.6 Å². The second-order valence-electron chi connectivity index (χ2n) is 9.59. The molecular weight excluding hydrogens is 584 g/mol. The Morgan fingerprint density at radius 2 is 0.804 bits per heavy atom. The summed E-state index contributed by atoms with van der Waals surface area (Å²) in [7, 11) is 0. The number of hydrogen-bond donors (Lipinski definition) is 2. The van der Waals surface area contributed by atoms with Gasteiger partial charge in [0.25, 0.3) is 11.8 Å². The number of ether oxygens (including phenoxy) is 2. The number of rotatable bonds is 10. The molecule has 0 aliphatic heterocycles. The van der Waals surface area contributed by atoms with Crippen molar-refractivity contribution < 1.29 is 28.7 Å². The highest BCUT2D eigenvalue weighted by Gasteiger charge is 2.20. The molecule has 0 heterocycles. The molecule has 0 atom stereocenters. The van der Waals surface area contributed by atoms with Crippen molar-refractivity contribution in [1.29, 1.82) is 0 Å². The van der Waals surface area contributed by atoms with Gasteiger partial charge in [0, 0.05) is 11.1 Å². The maximum atomic E-state index is 13.0. The highest BCUT2D eigenvalue weighted by molar-refractivity contribution is 6.04. The van der Waals surface area contributed by atoms with E-state index in [4.69, 9.17) is 9.47 Å². The van der Waals surface area contributed by atoms with E-state index < -0.39 is 11.9 Å². The van der Waals surface area contributed by atoms with E-state index >= 15 is 0 Å². The lowest BCUT2D eigenvalue weighted by Crippen LogP contribution is -2.17. The molecule has 2 amide bonds. The molecular formula is C36H26N4O6. The highest BCUT2D eigenvalue weighted by atomic mass is 16.5. The number of nitrogens with zero attached hydrogens (tertiary/aromatic N) is 2. The van der Waals surface area contributed by atoms with Gasteiger partial charge in [-0.15, -0.1) is 0 Å². The number of carbonyl (C=O) groups excluding carboxylic acids is 4.